The van der Waals surface area contributed by atoms with Gasteiger partial charge in [0.1, 0.15) is 10.6 Å². The first-order chi connectivity index (χ1) is 5.99. The van der Waals surface area contributed by atoms with Gasteiger partial charge < -0.3 is 4.52 Å². The molecule has 0 amide bonds. The average molecular weight is 206 g/mol. The molecule has 1 N–H and O–H groups in total. The number of hydrogen-bond donors (Lipinski definition) is 1. The van der Waals surface area contributed by atoms with Crippen molar-refractivity contribution in [3.63, 3.8) is 0 Å². The molecule has 0 aliphatic rings. The van der Waals surface area contributed by atoms with Gasteiger partial charge in [0.15, 0.2) is 5.76 Å². The predicted molar refractivity (Wildman–Crippen MR) is 43.3 cm³/mol. The van der Waals surface area contributed by atoms with Gasteiger partial charge in [-0.3, -0.25) is 4.84 Å². The molecule has 74 valence electrons. The smallest absolute Gasteiger partial charge is 0.267 e. The lowest BCUT2D eigenvalue weighted by Gasteiger charge is -2.01. The number of aromatic nitrogens is 1. The van der Waals surface area contributed by atoms with Crippen LogP contribution in [-0.4, -0.2) is 20.7 Å². The van der Waals surface area contributed by atoms with Crippen LogP contribution in [0.2, 0.25) is 0 Å². The van der Waals surface area contributed by atoms with Crippen molar-refractivity contribution >= 4 is 10.0 Å². The maximum Gasteiger partial charge on any atom is 0.267 e. The summed E-state index contributed by atoms with van der Waals surface area (Å²) < 4.78 is 27.5. The third kappa shape index (κ3) is 1.87. The molecule has 0 aromatic carbocycles. The molecule has 0 bridgehead atoms. The molecule has 1 aromatic rings. The number of sulfonamides is 1. The molecule has 0 radical (unpaired) electrons. The molecule has 7 heteroatoms. The third-order valence-corrected chi connectivity index (χ3v) is 2.94. The zero-order chi connectivity index (χ0) is 10.1. The largest absolute Gasteiger partial charge is 0.360 e. The highest BCUT2D eigenvalue weighted by atomic mass is 32.2. The van der Waals surface area contributed by atoms with Crippen LogP contribution in [0, 0.1) is 13.8 Å². The molecule has 0 atom stereocenters. The molecular weight excluding hydrogens is 196 g/mol. The van der Waals surface area contributed by atoms with Crippen LogP contribution in [0.1, 0.15) is 11.5 Å². The van der Waals surface area contributed by atoms with Crippen molar-refractivity contribution in [1.82, 2.24) is 10.0 Å². The minimum Gasteiger partial charge on any atom is -0.360 e. The second kappa shape index (κ2) is 3.44. The average Bonchev–Trinajstić information content (AvgIpc) is 2.31. The highest BCUT2D eigenvalue weighted by Gasteiger charge is 2.23. The zero-order valence-corrected chi connectivity index (χ0v) is 8.30. The Bertz CT molecular complexity index is 375. The van der Waals surface area contributed by atoms with E-state index in [0.717, 1.165) is 0 Å². The van der Waals surface area contributed by atoms with Crippen LogP contribution < -0.4 is 4.89 Å². The summed E-state index contributed by atoms with van der Waals surface area (Å²) in [6, 6.07) is 0. The van der Waals surface area contributed by atoms with E-state index in [1.54, 1.807) is 6.92 Å². The summed E-state index contributed by atoms with van der Waals surface area (Å²) in [5.74, 6) is 0.238. The molecule has 6 nitrogen and oxygen atoms in total. The van der Waals surface area contributed by atoms with Crippen LogP contribution in [0.3, 0.4) is 0 Å². The minimum absolute atomic E-state index is 0.0225. The van der Waals surface area contributed by atoms with Gasteiger partial charge in [0.25, 0.3) is 10.0 Å². The second-order valence-corrected chi connectivity index (χ2v) is 4.03. The van der Waals surface area contributed by atoms with Crippen molar-refractivity contribution in [2.24, 2.45) is 0 Å². The van der Waals surface area contributed by atoms with Gasteiger partial charge in [-0.15, -0.1) is 0 Å². The highest BCUT2D eigenvalue weighted by Crippen LogP contribution is 2.17. The quantitative estimate of drug-likeness (QED) is 0.711. The van der Waals surface area contributed by atoms with E-state index in [-0.39, 0.29) is 10.7 Å². The molecule has 0 unspecified atom stereocenters. The van der Waals surface area contributed by atoms with Crippen LogP contribution in [0.5, 0.6) is 0 Å². The standard InChI is InChI=1S/C6H10N2O4S/c1-4-6(5(2)12-7-4)13(9,10)8-11-3/h8H,1-3H3. The lowest BCUT2D eigenvalue weighted by molar-refractivity contribution is 0.153. The molecule has 1 rings (SSSR count). The Kier molecular flexibility index (Phi) is 2.69. The molecule has 0 fully saturated rings. The van der Waals surface area contributed by atoms with Gasteiger partial charge in [-0.05, 0) is 13.8 Å². The van der Waals surface area contributed by atoms with E-state index >= 15 is 0 Å². The number of nitrogens with one attached hydrogen (secondary N) is 1. The van der Waals surface area contributed by atoms with Crippen LogP contribution in [0.15, 0.2) is 9.42 Å². The first kappa shape index (κ1) is 10.2. The highest BCUT2D eigenvalue weighted by molar-refractivity contribution is 7.89. The van der Waals surface area contributed by atoms with Gasteiger partial charge in [-0.2, -0.15) is 0 Å². The first-order valence-electron chi connectivity index (χ1n) is 3.46. The maximum absolute atomic E-state index is 11.4. The molecule has 0 aliphatic heterocycles. The van der Waals surface area contributed by atoms with Crippen LogP contribution in [-0.2, 0) is 14.9 Å². The summed E-state index contributed by atoms with van der Waals surface area (Å²) in [5, 5.41) is 3.51. The van der Waals surface area contributed by atoms with Gasteiger partial charge in [-0.25, -0.2) is 8.42 Å². The summed E-state index contributed by atoms with van der Waals surface area (Å²) in [4.78, 5) is 6.23. The van der Waals surface area contributed by atoms with Crippen LogP contribution >= 0.6 is 0 Å². The predicted octanol–water partition coefficient (Wildman–Crippen LogP) is 0.131. The van der Waals surface area contributed by atoms with Crippen LogP contribution in [0.25, 0.3) is 0 Å². The molecular formula is C6H10N2O4S. The third-order valence-electron chi connectivity index (χ3n) is 1.43. The molecule has 1 heterocycles. The molecule has 0 aliphatic carbocycles. The summed E-state index contributed by atoms with van der Waals surface area (Å²) in [6.45, 7) is 3.06. The van der Waals surface area contributed by atoms with Crippen molar-refractivity contribution in [2.45, 2.75) is 18.7 Å². The number of nitrogens with zero attached hydrogens (tertiary/aromatic N) is 1. The van der Waals surface area contributed by atoms with Gasteiger partial charge >= 0.3 is 0 Å². The first-order valence-corrected chi connectivity index (χ1v) is 4.95. The van der Waals surface area contributed by atoms with Gasteiger partial charge in [0.05, 0.1) is 7.11 Å². The molecule has 1 aromatic heterocycles. The van der Waals surface area contributed by atoms with Crippen molar-refractivity contribution in [1.29, 1.82) is 0 Å². The Morgan fingerprint density at radius 1 is 1.46 bits per heavy atom. The maximum atomic E-state index is 11.4. The van der Waals surface area contributed by atoms with Crippen molar-refractivity contribution < 1.29 is 17.8 Å². The summed E-state index contributed by atoms with van der Waals surface area (Å²) in [6.07, 6.45) is 0. The minimum atomic E-state index is -3.66. The fraction of sp³-hybridized carbons (Fsp3) is 0.500. The topological polar surface area (TPSA) is 81.4 Å². The molecule has 13 heavy (non-hydrogen) atoms. The lowest BCUT2D eigenvalue weighted by Crippen LogP contribution is -2.23. The van der Waals surface area contributed by atoms with E-state index in [0.29, 0.717) is 5.69 Å². The Balaban J connectivity index is 3.21. The fourth-order valence-corrected chi connectivity index (χ4v) is 2.15. The molecule has 0 spiro atoms. The van der Waals surface area contributed by atoms with Crippen molar-refractivity contribution in [3.05, 3.63) is 11.5 Å². The van der Waals surface area contributed by atoms with Crippen LogP contribution in [0.4, 0.5) is 0 Å². The van der Waals surface area contributed by atoms with Gasteiger partial charge in [0, 0.05) is 0 Å². The SMILES string of the molecule is CONS(=O)(=O)c1c(C)noc1C. The van der Waals surface area contributed by atoms with E-state index < -0.39 is 10.0 Å². The fourth-order valence-electron chi connectivity index (χ4n) is 1.01. The summed E-state index contributed by atoms with van der Waals surface area (Å²) >= 11 is 0. The van der Waals surface area contributed by atoms with E-state index in [2.05, 4.69) is 9.99 Å². The summed E-state index contributed by atoms with van der Waals surface area (Å²) in [7, 11) is -2.44. The van der Waals surface area contributed by atoms with Crippen molar-refractivity contribution in [2.75, 3.05) is 7.11 Å². The number of hydrogen-bond acceptors (Lipinski definition) is 5. The van der Waals surface area contributed by atoms with E-state index in [1.807, 2.05) is 4.89 Å². The monoisotopic (exact) mass is 206 g/mol. The van der Waals surface area contributed by atoms with Crippen molar-refractivity contribution in [3.8, 4) is 0 Å². The van der Waals surface area contributed by atoms with E-state index in [9.17, 15) is 8.42 Å². The molecule has 0 saturated heterocycles. The lowest BCUT2D eigenvalue weighted by atomic mass is 10.4. The second-order valence-electron chi connectivity index (χ2n) is 2.44. The number of rotatable bonds is 3. The Hall–Kier alpha value is -0.920. The van der Waals surface area contributed by atoms with Gasteiger partial charge in [-0.1, -0.05) is 10.0 Å². The zero-order valence-electron chi connectivity index (χ0n) is 7.49. The van der Waals surface area contributed by atoms with E-state index in [1.165, 1.54) is 14.0 Å². The molecule has 0 saturated carbocycles. The Morgan fingerprint density at radius 3 is 2.46 bits per heavy atom. The Labute approximate surface area is 75.9 Å². The van der Waals surface area contributed by atoms with E-state index in [4.69, 9.17) is 4.52 Å². The summed E-state index contributed by atoms with van der Waals surface area (Å²) in [5.41, 5.74) is 0.307. The normalized spacial score (nSPS) is 11.9. The Morgan fingerprint density at radius 2 is 2.08 bits per heavy atom. The van der Waals surface area contributed by atoms with Gasteiger partial charge in [0.2, 0.25) is 0 Å². The number of aryl methyl sites for hydroxylation is 2.